The number of amides is 1. The fourth-order valence-corrected chi connectivity index (χ4v) is 2.89. The lowest BCUT2D eigenvalue weighted by Crippen LogP contribution is -2.31. The third-order valence-corrected chi connectivity index (χ3v) is 4.14. The summed E-state index contributed by atoms with van der Waals surface area (Å²) >= 11 is 3.41. The van der Waals surface area contributed by atoms with Crippen LogP contribution in [0.5, 0.6) is 0 Å². The van der Waals surface area contributed by atoms with E-state index in [1.54, 1.807) is 6.07 Å². The first-order chi connectivity index (χ1) is 9.66. The van der Waals surface area contributed by atoms with Gasteiger partial charge >= 0.3 is 0 Å². The van der Waals surface area contributed by atoms with Crippen LogP contribution in [0.15, 0.2) is 46.9 Å². The Morgan fingerprint density at radius 1 is 1.10 bits per heavy atom. The van der Waals surface area contributed by atoms with E-state index >= 15 is 0 Å². The van der Waals surface area contributed by atoms with Crippen molar-refractivity contribution in [3.05, 3.63) is 58.1 Å². The van der Waals surface area contributed by atoms with Crippen LogP contribution < -0.4 is 10.6 Å². The zero-order valence-corrected chi connectivity index (χ0v) is 12.6. The minimum atomic E-state index is -0.00192. The summed E-state index contributed by atoms with van der Waals surface area (Å²) in [5.41, 5.74) is 9.20. The number of rotatable bonds is 1. The van der Waals surface area contributed by atoms with Crippen molar-refractivity contribution < 1.29 is 4.79 Å². The van der Waals surface area contributed by atoms with Crippen LogP contribution in [-0.2, 0) is 6.42 Å². The summed E-state index contributed by atoms with van der Waals surface area (Å²) in [7, 11) is 0. The van der Waals surface area contributed by atoms with Crippen molar-refractivity contribution in [3.8, 4) is 0 Å². The van der Waals surface area contributed by atoms with Gasteiger partial charge in [0.25, 0.3) is 5.91 Å². The summed E-state index contributed by atoms with van der Waals surface area (Å²) in [5, 5.41) is 0. The molecule has 0 atom stereocenters. The van der Waals surface area contributed by atoms with Gasteiger partial charge in [0, 0.05) is 22.4 Å². The second-order valence-electron chi connectivity index (χ2n) is 4.92. The van der Waals surface area contributed by atoms with Crippen LogP contribution in [0.2, 0.25) is 0 Å². The lowest BCUT2D eigenvalue weighted by Gasteiger charge is -2.21. The number of nitrogen functional groups attached to an aromatic ring is 1. The number of aryl methyl sites for hydroxylation is 1. The molecule has 2 aromatic rings. The zero-order valence-electron chi connectivity index (χ0n) is 11.0. The standard InChI is InChI=1S/C16H15BrN2O/c17-12-6-8-13(9-7-12)19-10-2-4-11-3-1-5-14(18)15(11)16(19)20/h1,3,5-9H,2,4,10,18H2. The van der Waals surface area contributed by atoms with Crippen LogP contribution in [-0.4, -0.2) is 12.5 Å². The molecule has 20 heavy (non-hydrogen) atoms. The van der Waals surface area contributed by atoms with Crippen molar-refractivity contribution in [2.75, 3.05) is 17.2 Å². The van der Waals surface area contributed by atoms with E-state index in [0.717, 1.165) is 28.6 Å². The first-order valence-corrected chi connectivity index (χ1v) is 7.41. The van der Waals surface area contributed by atoms with Gasteiger partial charge in [-0.05, 0) is 48.7 Å². The molecule has 4 heteroatoms. The molecule has 0 bridgehead atoms. The highest BCUT2D eigenvalue weighted by atomic mass is 79.9. The number of carbonyl (C=O) groups is 1. The molecule has 2 N–H and O–H groups in total. The maximum Gasteiger partial charge on any atom is 0.260 e. The number of hydrogen-bond donors (Lipinski definition) is 1. The second-order valence-corrected chi connectivity index (χ2v) is 5.83. The lowest BCUT2D eigenvalue weighted by atomic mass is 10.0. The molecule has 102 valence electrons. The predicted molar refractivity (Wildman–Crippen MR) is 85.0 cm³/mol. The third-order valence-electron chi connectivity index (χ3n) is 3.61. The van der Waals surface area contributed by atoms with E-state index < -0.39 is 0 Å². The number of halogens is 1. The van der Waals surface area contributed by atoms with Gasteiger partial charge in [-0.15, -0.1) is 0 Å². The first-order valence-electron chi connectivity index (χ1n) is 6.61. The van der Waals surface area contributed by atoms with Crippen molar-refractivity contribution in [3.63, 3.8) is 0 Å². The molecular formula is C16H15BrN2O. The largest absolute Gasteiger partial charge is 0.398 e. The van der Waals surface area contributed by atoms with Gasteiger partial charge in [0.2, 0.25) is 0 Å². The Labute approximate surface area is 126 Å². The van der Waals surface area contributed by atoms with Gasteiger partial charge in [0.05, 0.1) is 5.56 Å². The van der Waals surface area contributed by atoms with Crippen LogP contribution in [0.4, 0.5) is 11.4 Å². The van der Waals surface area contributed by atoms with Gasteiger partial charge in [-0.2, -0.15) is 0 Å². The molecular weight excluding hydrogens is 316 g/mol. The summed E-state index contributed by atoms with van der Waals surface area (Å²) in [6.07, 6.45) is 1.83. The van der Waals surface area contributed by atoms with Crippen molar-refractivity contribution in [1.82, 2.24) is 0 Å². The molecule has 3 rings (SSSR count). The summed E-state index contributed by atoms with van der Waals surface area (Å²) in [5.74, 6) is -0.00192. The molecule has 3 nitrogen and oxygen atoms in total. The maximum absolute atomic E-state index is 12.8. The molecule has 0 fully saturated rings. The van der Waals surface area contributed by atoms with E-state index in [-0.39, 0.29) is 5.91 Å². The van der Waals surface area contributed by atoms with Gasteiger partial charge in [0.1, 0.15) is 0 Å². The van der Waals surface area contributed by atoms with E-state index in [1.807, 2.05) is 41.3 Å². The lowest BCUT2D eigenvalue weighted by molar-refractivity contribution is 0.0989. The van der Waals surface area contributed by atoms with E-state index in [9.17, 15) is 4.79 Å². The number of anilines is 2. The number of nitrogens with zero attached hydrogens (tertiary/aromatic N) is 1. The van der Waals surface area contributed by atoms with Crippen molar-refractivity contribution in [1.29, 1.82) is 0 Å². The number of benzene rings is 2. The predicted octanol–water partition coefficient (Wildman–Crippen LogP) is 3.62. The van der Waals surface area contributed by atoms with E-state index in [1.165, 1.54) is 0 Å². The normalized spacial score (nSPS) is 14.8. The Kier molecular flexibility index (Phi) is 3.49. The topological polar surface area (TPSA) is 46.3 Å². The Bertz CT molecular complexity index is 652. The number of fused-ring (bicyclic) bond motifs is 1. The molecule has 0 aromatic heterocycles. The Morgan fingerprint density at radius 3 is 2.60 bits per heavy atom. The number of hydrogen-bond acceptors (Lipinski definition) is 2. The van der Waals surface area contributed by atoms with Crippen LogP contribution >= 0.6 is 15.9 Å². The van der Waals surface area contributed by atoms with E-state index in [0.29, 0.717) is 17.8 Å². The molecule has 1 heterocycles. The van der Waals surface area contributed by atoms with Gasteiger partial charge in [0.15, 0.2) is 0 Å². The Hall–Kier alpha value is -1.81. The quantitative estimate of drug-likeness (QED) is 0.811. The molecule has 1 aliphatic heterocycles. The molecule has 0 saturated carbocycles. The van der Waals surface area contributed by atoms with Crippen LogP contribution in [0, 0.1) is 0 Å². The summed E-state index contributed by atoms with van der Waals surface area (Å²) < 4.78 is 1.00. The fraction of sp³-hybridized carbons (Fsp3) is 0.188. The molecule has 0 saturated heterocycles. The average Bonchev–Trinajstić information content (AvgIpc) is 2.60. The van der Waals surface area contributed by atoms with Gasteiger partial charge in [-0.25, -0.2) is 0 Å². The van der Waals surface area contributed by atoms with Crippen molar-refractivity contribution >= 4 is 33.2 Å². The molecule has 1 amide bonds. The molecule has 0 aliphatic carbocycles. The van der Waals surface area contributed by atoms with Gasteiger partial charge < -0.3 is 10.6 Å². The molecule has 2 aromatic carbocycles. The fourth-order valence-electron chi connectivity index (χ4n) is 2.62. The number of carbonyl (C=O) groups excluding carboxylic acids is 1. The third kappa shape index (κ3) is 2.31. The van der Waals surface area contributed by atoms with Crippen molar-refractivity contribution in [2.45, 2.75) is 12.8 Å². The minimum absolute atomic E-state index is 0.00192. The van der Waals surface area contributed by atoms with Crippen LogP contribution in [0.25, 0.3) is 0 Å². The molecule has 1 aliphatic rings. The van der Waals surface area contributed by atoms with E-state index in [2.05, 4.69) is 15.9 Å². The smallest absolute Gasteiger partial charge is 0.260 e. The molecule has 0 unspecified atom stereocenters. The SMILES string of the molecule is Nc1cccc2c1C(=O)N(c1ccc(Br)cc1)CCC2. The minimum Gasteiger partial charge on any atom is -0.398 e. The maximum atomic E-state index is 12.8. The van der Waals surface area contributed by atoms with E-state index in [4.69, 9.17) is 5.73 Å². The highest BCUT2D eigenvalue weighted by Crippen LogP contribution is 2.28. The molecule has 0 radical (unpaired) electrons. The van der Waals surface area contributed by atoms with Crippen molar-refractivity contribution in [2.24, 2.45) is 0 Å². The summed E-state index contributed by atoms with van der Waals surface area (Å²) in [6.45, 7) is 0.717. The summed E-state index contributed by atoms with van der Waals surface area (Å²) in [4.78, 5) is 14.6. The van der Waals surface area contributed by atoms with Gasteiger partial charge in [-0.1, -0.05) is 28.1 Å². The van der Waals surface area contributed by atoms with Crippen LogP contribution in [0.3, 0.4) is 0 Å². The Morgan fingerprint density at radius 2 is 1.85 bits per heavy atom. The number of nitrogens with two attached hydrogens (primary N) is 1. The monoisotopic (exact) mass is 330 g/mol. The highest BCUT2D eigenvalue weighted by molar-refractivity contribution is 9.10. The zero-order chi connectivity index (χ0) is 14.1. The average molecular weight is 331 g/mol. The summed E-state index contributed by atoms with van der Waals surface area (Å²) in [6, 6.07) is 13.5. The van der Waals surface area contributed by atoms with Gasteiger partial charge in [-0.3, -0.25) is 4.79 Å². The Balaban J connectivity index is 2.04. The second kappa shape index (κ2) is 5.29. The van der Waals surface area contributed by atoms with Crippen LogP contribution in [0.1, 0.15) is 22.3 Å². The molecule has 0 spiro atoms. The first kappa shape index (κ1) is 13.2. The highest BCUT2D eigenvalue weighted by Gasteiger charge is 2.25.